The number of imidazole rings is 1. The molecule has 0 aliphatic carbocycles. The van der Waals surface area contributed by atoms with Crippen LogP contribution in [0, 0.1) is 0 Å². The molecule has 3 atom stereocenters. The number of aliphatic hydroxyl groups is 2. The molecule has 1 saturated heterocycles. The van der Waals surface area contributed by atoms with Crippen molar-refractivity contribution in [3.05, 3.63) is 16.2 Å². The SMILES string of the molecule is Nc1nc2nc([C@]3(OCP(=O)(O)O)OC[C@@H](O)[C@H]3O)[nH]c2c(=O)[nH]1.[NaH].[NaH]. The molecule has 0 spiro atoms. The standard InChI is InChI=1S/C10H14N5O8P.2Na.2H/c11-9-14-6-4(7(18)15-9)12-8(13-6)10(23-2-24(19,20)21)5(17)3(16)1-22-10;;;;/h3,5,16-17H,1-2H2,(H2,19,20,21)(H4,11,12,13,14,15,18);;;;/t3-,5-,10+;;;;/m1..../s1. The van der Waals surface area contributed by atoms with E-state index in [1.807, 2.05) is 0 Å². The molecule has 0 bridgehead atoms. The molecule has 0 aromatic carbocycles. The van der Waals surface area contributed by atoms with Crippen molar-refractivity contribution in [2.45, 2.75) is 18.0 Å². The molecule has 8 N–H and O–H groups in total. The predicted molar refractivity (Wildman–Crippen MR) is 90.9 cm³/mol. The number of ether oxygens (including phenoxy) is 2. The van der Waals surface area contributed by atoms with Gasteiger partial charge in [0.05, 0.1) is 6.61 Å². The Morgan fingerprint density at radius 3 is 2.50 bits per heavy atom. The van der Waals surface area contributed by atoms with Gasteiger partial charge >= 0.3 is 66.7 Å². The first-order chi connectivity index (χ1) is 11.1. The first-order valence-corrected chi connectivity index (χ1v) is 8.37. The maximum absolute atomic E-state index is 11.8. The second-order valence-corrected chi connectivity index (χ2v) is 6.75. The second kappa shape index (κ2) is 8.66. The van der Waals surface area contributed by atoms with E-state index in [4.69, 9.17) is 25.0 Å². The number of aliphatic hydroxyl groups excluding tert-OH is 2. The summed E-state index contributed by atoms with van der Waals surface area (Å²) in [7, 11) is -4.62. The zero-order valence-electron chi connectivity index (χ0n) is 11.9. The van der Waals surface area contributed by atoms with Crippen molar-refractivity contribution in [1.82, 2.24) is 19.9 Å². The van der Waals surface area contributed by atoms with Crippen molar-refractivity contribution in [2.75, 3.05) is 18.7 Å². The van der Waals surface area contributed by atoms with Crippen LogP contribution in [-0.4, -0.2) is 124 Å². The van der Waals surface area contributed by atoms with Crippen LogP contribution in [0.15, 0.2) is 4.79 Å². The van der Waals surface area contributed by atoms with Gasteiger partial charge in [0, 0.05) is 0 Å². The van der Waals surface area contributed by atoms with Gasteiger partial charge in [-0.05, 0) is 0 Å². The van der Waals surface area contributed by atoms with Crippen molar-refractivity contribution in [3.63, 3.8) is 0 Å². The average molecular weight is 411 g/mol. The molecule has 0 saturated carbocycles. The van der Waals surface area contributed by atoms with E-state index in [9.17, 15) is 19.6 Å². The summed E-state index contributed by atoms with van der Waals surface area (Å²) in [6.45, 7) is -0.384. The minimum absolute atomic E-state index is 0. The van der Waals surface area contributed by atoms with Crippen LogP contribution in [0.5, 0.6) is 0 Å². The number of hydrogen-bond donors (Lipinski definition) is 7. The molecule has 16 heteroatoms. The van der Waals surface area contributed by atoms with E-state index in [1.54, 1.807) is 0 Å². The zero-order chi connectivity index (χ0) is 17.7. The fourth-order valence-corrected chi connectivity index (χ4v) is 2.67. The van der Waals surface area contributed by atoms with Gasteiger partial charge in [-0.25, -0.2) is 4.98 Å². The van der Waals surface area contributed by atoms with Crippen molar-refractivity contribution >= 4 is 83.8 Å². The van der Waals surface area contributed by atoms with Gasteiger partial charge in [-0.3, -0.25) is 14.3 Å². The van der Waals surface area contributed by atoms with Crippen LogP contribution < -0.4 is 11.3 Å². The third kappa shape index (κ3) is 4.58. The van der Waals surface area contributed by atoms with Gasteiger partial charge in [0.25, 0.3) is 11.3 Å². The summed E-state index contributed by atoms with van der Waals surface area (Å²) >= 11 is 0. The van der Waals surface area contributed by atoms with E-state index >= 15 is 0 Å². The summed E-state index contributed by atoms with van der Waals surface area (Å²) in [6, 6.07) is 0. The topological polar surface area (TPSA) is 217 Å². The van der Waals surface area contributed by atoms with Crippen LogP contribution in [-0.2, 0) is 19.8 Å². The van der Waals surface area contributed by atoms with Crippen LogP contribution in [0.1, 0.15) is 5.82 Å². The number of nitrogens with two attached hydrogens (primary N) is 1. The number of aromatic nitrogens is 4. The molecule has 136 valence electrons. The number of nitrogens with zero attached hydrogens (tertiary/aromatic N) is 2. The van der Waals surface area contributed by atoms with Gasteiger partial charge in [0.2, 0.25) is 5.95 Å². The quantitative estimate of drug-likeness (QED) is 0.190. The number of nitrogens with one attached hydrogen (secondary N) is 2. The third-order valence-corrected chi connectivity index (χ3v) is 3.84. The fraction of sp³-hybridized carbons (Fsp3) is 0.500. The van der Waals surface area contributed by atoms with Gasteiger partial charge in [-0.1, -0.05) is 0 Å². The molecule has 0 radical (unpaired) electrons. The Bertz CT molecular complexity index is 886. The molecular weight excluding hydrogens is 395 g/mol. The molecule has 13 nitrogen and oxygen atoms in total. The Kier molecular flexibility index (Phi) is 8.05. The molecule has 0 unspecified atom stereocenters. The van der Waals surface area contributed by atoms with Crippen LogP contribution in [0.2, 0.25) is 0 Å². The van der Waals surface area contributed by atoms with Gasteiger partial charge < -0.3 is 40.2 Å². The summed E-state index contributed by atoms with van der Waals surface area (Å²) in [4.78, 5) is 42.3. The van der Waals surface area contributed by atoms with Crippen LogP contribution in [0.25, 0.3) is 11.2 Å². The Labute approximate surface area is 189 Å². The number of H-pyrrole nitrogens is 2. The van der Waals surface area contributed by atoms with E-state index in [1.165, 1.54) is 0 Å². The van der Waals surface area contributed by atoms with Crippen molar-refractivity contribution in [2.24, 2.45) is 0 Å². The van der Waals surface area contributed by atoms with Crippen molar-refractivity contribution in [3.8, 4) is 0 Å². The van der Waals surface area contributed by atoms with Gasteiger partial charge in [0.15, 0.2) is 23.3 Å². The Morgan fingerprint density at radius 2 is 1.96 bits per heavy atom. The Hall–Kier alpha value is 0.140. The van der Waals surface area contributed by atoms with Crippen LogP contribution in [0.4, 0.5) is 5.95 Å². The van der Waals surface area contributed by atoms with E-state index in [0.29, 0.717) is 0 Å². The normalized spacial score (nSPS) is 25.7. The number of anilines is 1. The van der Waals surface area contributed by atoms with Crippen LogP contribution in [0.3, 0.4) is 0 Å². The Balaban J connectivity index is 0.00000169. The van der Waals surface area contributed by atoms with Crippen molar-refractivity contribution in [1.29, 1.82) is 0 Å². The number of rotatable bonds is 4. The second-order valence-electron chi connectivity index (χ2n) is 5.16. The van der Waals surface area contributed by atoms with Crippen LogP contribution >= 0.6 is 7.60 Å². The van der Waals surface area contributed by atoms with Gasteiger partial charge in [0.1, 0.15) is 12.2 Å². The zero-order valence-corrected chi connectivity index (χ0v) is 12.8. The fourth-order valence-electron chi connectivity index (χ4n) is 2.31. The van der Waals surface area contributed by atoms with E-state index in [0.717, 1.165) is 0 Å². The predicted octanol–water partition coefficient (Wildman–Crippen LogP) is -4.01. The van der Waals surface area contributed by atoms with E-state index < -0.39 is 37.5 Å². The molecule has 3 rings (SSSR count). The average Bonchev–Trinajstić information content (AvgIpc) is 3.01. The molecule has 0 amide bonds. The third-order valence-electron chi connectivity index (χ3n) is 3.38. The molecule has 3 heterocycles. The number of nitrogen functional groups attached to an aromatic ring is 1. The molecule has 26 heavy (non-hydrogen) atoms. The van der Waals surface area contributed by atoms with Crippen molar-refractivity contribution < 1.29 is 34.0 Å². The molecule has 1 aliphatic rings. The summed E-state index contributed by atoms with van der Waals surface area (Å²) in [5.74, 6) is -2.70. The van der Waals surface area contributed by atoms with E-state index in [2.05, 4.69) is 19.9 Å². The number of hydrogen-bond acceptors (Lipinski definition) is 9. The summed E-state index contributed by atoms with van der Waals surface area (Å²) in [6.07, 6.45) is -4.23. The summed E-state index contributed by atoms with van der Waals surface area (Å²) in [5.41, 5.74) is 4.51. The molecule has 1 fully saturated rings. The Morgan fingerprint density at radius 1 is 1.31 bits per heavy atom. The van der Waals surface area contributed by atoms with Gasteiger partial charge in [-0.15, -0.1) is 0 Å². The molecular formula is C10H16N5Na2O8P. The first kappa shape index (κ1) is 24.2. The maximum atomic E-state index is 11.8. The monoisotopic (exact) mass is 411 g/mol. The summed E-state index contributed by atoms with van der Waals surface area (Å²) in [5, 5.41) is 19.9. The van der Waals surface area contributed by atoms with E-state index in [-0.39, 0.29) is 88.7 Å². The first-order valence-electron chi connectivity index (χ1n) is 6.57. The van der Waals surface area contributed by atoms with Gasteiger partial charge in [-0.2, -0.15) is 4.98 Å². The molecule has 2 aromatic heterocycles. The molecule has 1 aliphatic heterocycles. The minimum atomic E-state index is -4.62. The summed E-state index contributed by atoms with van der Waals surface area (Å²) < 4.78 is 21.4. The molecule has 2 aromatic rings. The number of fused-ring (bicyclic) bond motifs is 1. The number of aromatic amines is 2.